The molecule has 0 aliphatic carbocycles. The molecule has 1 aromatic heterocycles. The van der Waals surface area contributed by atoms with Gasteiger partial charge in [0.1, 0.15) is 10.6 Å². The summed E-state index contributed by atoms with van der Waals surface area (Å²) in [5, 5.41) is 5.65. The maximum absolute atomic E-state index is 12.7. The van der Waals surface area contributed by atoms with Crippen LogP contribution in [0.15, 0.2) is 17.2 Å². The Hall–Kier alpha value is -1.09. The molecule has 1 saturated heterocycles. The number of nitrogens with one attached hydrogen (secondary N) is 2. The summed E-state index contributed by atoms with van der Waals surface area (Å²) in [5.74, 6) is 0.227. The predicted octanol–water partition coefficient (Wildman–Crippen LogP) is 0.427. The lowest BCUT2D eigenvalue weighted by atomic mass is 9.98. The zero-order chi connectivity index (χ0) is 16.3. The number of carbonyl (C=O) groups excluding carboxylic acids is 1. The van der Waals surface area contributed by atoms with E-state index < -0.39 is 10.0 Å². The monoisotopic (exact) mass is 364 g/mol. The summed E-state index contributed by atoms with van der Waals surface area (Å²) in [6.45, 7) is 1.97. The van der Waals surface area contributed by atoms with Crippen LogP contribution in [0.4, 0.5) is 0 Å². The zero-order valence-corrected chi connectivity index (χ0v) is 15.3. The van der Waals surface area contributed by atoms with Gasteiger partial charge in [-0.2, -0.15) is 4.31 Å². The second-order valence-corrected chi connectivity index (χ2v) is 7.59. The molecule has 1 amide bonds. The van der Waals surface area contributed by atoms with E-state index in [-0.39, 0.29) is 23.2 Å². The van der Waals surface area contributed by atoms with Gasteiger partial charge < -0.3 is 15.2 Å². The highest BCUT2D eigenvalue weighted by Gasteiger charge is 2.30. The van der Waals surface area contributed by atoms with E-state index in [0.717, 1.165) is 19.4 Å². The number of rotatable bonds is 5. The van der Waals surface area contributed by atoms with E-state index in [0.29, 0.717) is 24.7 Å². The number of sulfonamides is 1. The molecule has 1 fully saturated rings. The van der Waals surface area contributed by atoms with Crippen molar-refractivity contribution < 1.29 is 13.2 Å². The molecule has 1 aliphatic rings. The number of carbonyl (C=O) groups is 1. The molecule has 2 N–H and O–H groups in total. The van der Waals surface area contributed by atoms with E-state index in [4.69, 9.17) is 0 Å². The molecule has 0 saturated carbocycles. The molecule has 132 valence electrons. The minimum Gasteiger partial charge on any atom is -0.354 e. The number of nitrogens with zero attached hydrogens (tertiary/aromatic N) is 2. The summed E-state index contributed by atoms with van der Waals surface area (Å²) in [6, 6.07) is 1.44. The number of halogens is 1. The van der Waals surface area contributed by atoms with Gasteiger partial charge in [0.25, 0.3) is 5.91 Å². The van der Waals surface area contributed by atoms with Gasteiger partial charge in [-0.3, -0.25) is 4.79 Å². The molecule has 0 bridgehead atoms. The molecule has 0 unspecified atom stereocenters. The lowest BCUT2D eigenvalue weighted by Crippen LogP contribution is -2.40. The molecular weight excluding hydrogens is 340 g/mol. The van der Waals surface area contributed by atoms with Crippen molar-refractivity contribution in [2.75, 3.05) is 33.7 Å². The normalized spacial score (nSPS) is 16.8. The Balaban J connectivity index is 0.00000264. The second-order valence-electron chi connectivity index (χ2n) is 5.66. The van der Waals surface area contributed by atoms with Gasteiger partial charge in [-0.05, 0) is 38.4 Å². The number of amides is 1. The molecule has 0 aromatic carbocycles. The quantitative estimate of drug-likeness (QED) is 0.793. The Morgan fingerprint density at radius 3 is 2.43 bits per heavy atom. The highest BCUT2D eigenvalue weighted by atomic mass is 35.5. The van der Waals surface area contributed by atoms with Crippen LogP contribution in [0.5, 0.6) is 0 Å². The SMILES string of the molecule is CNCC1CCN(S(=O)(=O)c2cc(C(=O)NC)n(C)c2)CC1.Cl. The Morgan fingerprint density at radius 2 is 1.91 bits per heavy atom. The van der Waals surface area contributed by atoms with E-state index >= 15 is 0 Å². The van der Waals surface area contributed by atoms with Crippen molar-refractivity contribution in [3.8, 4) is 0 Å². The summed E-state index contributed by atoms with van der Waals surface area (Å²) in [7, 11) is 1.57. The van der Waals surface area contributed by atoms with Crippen molar-refractivity contribution >= 4 is 28.3 Å². The summed E-state index contributed by atoms with van der Waals surface area (Å²) in [6.07, 6.45) is 3.21. The number of hydrogen-bond donors (Lipinski definition) is 2. The molecule has 2 rings (SSSR count). The highest BCUT2D eigenvalue weighted by Crippen LogP contribution is 2.24. The average molecular weight is 365 g/mol. The first-order valence-corrected chi connectivity index (χ1v) is 8.87. The van der Waals surface area contributed by atoms with Crippen LogP contribution in [0.2, 0.25) is 0 Å². The van der Waals surface area contributed by atoms with Gasteiger partial charge in [0.05, 0.1) is 0 Å². The maximum atomic E-state index is 12.7. The lowest BCUT2D eigenvalue weighted by Gasteiger charge is -2.30. The summed E-state index contributed by atoms with van der Waals surface area (Å²) in [5.41, 5.74) is 0.339. The fraction of sp³-hybridized carbons (Fsp3) is 0.643. The number of aryl methyl sites for hydroxylation is 1. The molecular formula is C14H25ClN4O3S. The van der Waals surface area contributed by atoms with Crippen LogP contribution >= 0.6 is 12.4 Å². The van der Waals surface area contributed by atoms with Crippen molar-refractivity contribution in [2.24, 2.45) is 13.0 Å². The van der Waals surface area contributed by atoms with Gasteiger partial charge >= 0.3 is 0 Å². The fourth-order valence-electron chi connectivity index (χ4n) is 2.82. The van der Waals surface area contributed by atoms with Crippen LogP contribution < -0.4 is 10.6 Å². The van der Waals surface area contributed by atoms with Crippen molar-refractivity contribution in [2.45, 2.75) is 17.7 Å². The third kappa shape index (κ3) is 4.26. The first kappa shape index (κ1) is 20.0. The van der Waals surface area contributed by atoms with Crippen LogP contribution in [-0.2, 0) is 17.1 Å². The summed E-state index contributed by atoms with van der Waals surface area (Å²) >= 11 is 0. The molecule has 0 spiro atoms. The molecule has 23 heavy (non-hydrogen) atoms. The topological polar surface area (TPSA) is 83.4 Å². The number of hydrogen-bond acceptors (Lipinski definition) is 4. The molecule has 0 radical (unpaired) electrons. The predicted molar refractivity (Wildman–Crippen MR) is 91.5 cm³/mol. The van der Waals surface area contributed by atoms with Gasteiger partial charge in [0, 0.05) is 33.4 Å². The average Bonchev–Trinajstić information content (AvgIpc) is 2.90. The van der Waals surface area contributed by atoms with Crippen molar-refractivity contribution in [3.05, 3.63) is 18.0 Å². The Morgan fingerprint density at radius 1 is 1.30 bits per heavy atom. The lowest BCUT2D eigenvalue weighted by molar-refractivity contribution is 0.0955. The Kier molecular flexibility index (Phi) is 7.06. The maximum Gasteiger partial charge on any atom is 0.267 e. The fourth-order valence-corrected chi connectivity index (χ4v) is 4.36. The second kappa shape index (κ2) is 8.14. The van der Waals surface area contributed by atoms with Crippen LogP contribution in [0.25, 0.3) is 0 Å². The van der Waals surface area contributed by atoms with Gasteiger partial charge in [-0.25, -0.2) is 8.42 Å². The first-order valence-electron chi connectivity index (χ1n) is 7.43. The van der Waals surface area contributed by atoms with E-state index in [1.54, 1.807) is 11.6 Å². The Labute approximate surface area is 143 Å². The van der Waals surface area contributed by atoms with Crippen molar-refractivity contribution in [1.82, 2.24) is 19.5 Å². The molecule has 7 nitrogen and oxygen atoms in total. The smallest absolute Gasteiger partial charge is 0.267 e. The largest absolute Gasteiger partial charge is 0.354 e. The molecule has 1 aromatic rings. The summed E-state index contributed by atoms with van der Waals surface area (Å²) < 4.78 is 28.4. The highest BCUT2D eigenvalue weighted by molar-refractivity contribution is 7.89. The summed E-state index contributed by atoms with van der Waals surface area (Å²) in [4.78, 5) is 11.9. The van der Waals surface area contributed by atoms with Crippen molar-refractivity contribution in [1.29, 1.82) is 0 Å². The van der Waals surface area contributed by atoms with Gasteiger partial charge in [-0.1, -0.05) is 0 Å². The van der Waals surface area contributed by atoms with Crippen LogP contribution in [0.1, 0.15) is 23.3 Å². The standard InChI is InChI=1S/C14H24N4O3S.ClH/c1-15-9-11-4-6-18(7-5-11)22(20,21)12-8-13(14(19)16-2)17(3)10-12;/h8,10-11,15H,4-7,9H2,1-3H3,(H,16,19);1H. The molecule has 2 heterocycles. The van der Waals surface area contributed by atoms with E-state index in [2.05, 4.69) is 10.6 Å². The molecule has 0 atom stereocenters. The number of aromatic nitrogens is 1. The van der Waals surface area contributed by atoms with E-state index in [1.165, 1.54) is 23.6 Å². The van der Waals surface area contributed by atoms with Crippen LogP contribution in [0, 0.1) is 5.92 Å². The number of piperidine rings is 1. The third-order valence-electron chi connectivity index (χ3n) is 4.14. The minimum absolute atomic E-state index is 0. The van der Waals surface area contributed by atoms with Crippen molar-refractivity contribution in [3.63, 3.8) is 0 Å². The van der Waals surface area contributed by atoms with Gasteiger partial charge in [-0.15, -0.1) is 12.4 Å². The van der Waals surface area contributed by atoms with Crippen LogP contribution in [-0.4, -0.2) is 56.9 Å². The van der Waals surface area contributed by atoms with E-state index in [9.17, 15) is 13.2 Å². The van der Waals surface area contributed by atoms with Crippen LogP contribution in [0.3, 0.4) is 0 Å². The third-order valence-corrected chi connectivity index (χ3v) is 6.01. The van der Waals surface area contributed by atoms with Gasteiger partial charge in [0.2, 0.25) is 10.0 Å². The molecule has 9 heteroatoms. The minimum atomic E-state index is -3.53. The zero-order valence-electron chi connectivity index (χ0n) is 13.7. The Bertz CT molecular complexity index is 636. The first-order chi connectivity index (χ1) is 10.4. The molecule has 1 aliphatic heterocycles. The van der Waals surface area contributed by atoms with Gasteiger partial charge in [0.15, 0.2) is 0 Å². The van der Waals surface area contributed by atoms with E-state index in [1.807, 2.05) is 7.05 Å².